The third-order valence-corrected chi connectivity index (χ3v) is 1.90. The molecule has 0 fully saturated rings. The predicted molar refractivity (Wildman–Crippen MR) is 48.4 cm³/mol. The lowest BCUT2D eigenvalue weighted by molar-refractivity contribution is -0.143. The molecule has 4 nitrogen and oxygen atoms in total. The van der Waals surface area contributed by atoms with Gasteiger partial charge >= 0.3 is 5.97 Å². The van der Waals surface area contributed by atoms with Gasteiger partial charge in [0.1, 0.15) is 5.15 Å². The Morgan fingerprint density at radius 2 is 2.31 bits per heavy atom. The number of aliphatic carboxylic acids is 1. The lowest BCUT2D eigenvalue weighted by atomic mass is 9.99. The summed E-state index contributed by atoms with van der Waals surface area (Å²) in [7, 11) is 0. The van der Waals surface area contributed by atoms with Gasteiger partial charge in [0.25, 0.3) is 0 Å². The van der Waals surface area contributed by atoms with E-state index in [0.717, 1.165) is 0 Å². The SMILES string of the molecule is C[C@@](N)(C(=O)O)c1cccc(Cl)n1. The Morgan fingerprint density at radius 3 is 2.77 bits per heavy atom. The molecule has 0 radical (unpaired) electrons. The van der Waals surface area contributed by atoms with Crippen molar-refractivity contribution in [2.75, 3.05) is 0 Å². The smallest absolute Gasteiger partial charge is 0.329 e. The Hall–Kier alpha value is -1.13. The zero-order chi connectivity index (χ0) is 10.1. The molecule has 0 bridgehead atoms. The first-order valence-corrected chi connectivity index (χ1v) is 3.97. The molecule has 1 heterocycles. The van der Waals surface area contributed by atoms with E-state index in [2.05, 4.69) is 4.98 Å². The quantitative estimate of drug-likeness (QED) is 0.699. The molecule has 1 rings (SSSR count). The molecule has 0 aliphatic rings. The number of aromatic nitrogens is 1. The Balaban J connectivity index is 3.14. The van der Waals surface area contributed by atoms with Crippen LogP contribution < -0.4 is 5.73 Å². The van der Waals surface area contributed by atoms with E-state index in [4.69, 9.17) is 22.4 Å². The molecule has 0 saturated heterocycles. The van der Waals surface area contributed by atoms with Crippen molar-refractivity contribution in [2.24, 2.45) is 5.73 Å². The second-order valence-corrected chi connectivity index (χ2v) is 3.24. The monoisotopic (exact) mass is 200 g/mol. The Morgan fingerprint density at radius 1 is 1.69 bits per heavy atom. The van der Waals surface area contributed by atoms with Gasteiger partial charge in [0, 0.05) is 0 Å². The van der Waals surface area contributed by atoms with Crippen LogP contribution in [0.3, 0.4) is 0 Å². The van der Waals surface area contributed by atoms with Crippen LogP contribution in [-0.4, -0.2) is 16.1 Å². The molecular formula is C8H9ClN2O2. The van der Waals surface area contributed by atoms with Crippen molar-refractivity contribution in [1.29, 1.82) is 0 Å². The molecule has 70 valence electrons. The molecule has 1 aromatic rings. The minimum absolute atomic E-state index is 0.232. The number of hydrogen-bond donors (Lipinski definition) is 2. The highest BCUT2D eigenvalue weighted by Crippen LogP contribution is 2.17. The van der Waals surface area contributed by atoms with Crippen LogP contribution in [0.25, 0.3) is 0 Å². The zero-order valence-electron chi connectivity index (χ0n) is 6.99. The van der Waals surface area contributed by atoms with Crippen LogP contribution >= 0.6 is 11.6 Å². The number of halogens is 1. The summed E-state index contributed by atoms with van der Waals surface area (Å²) < 4.78 is 0. The fraction of sp³-hybridized carbons (Fsp3) is 0.250. The van der Waals surface area contributed by atoms with E-state index in [1.807, 2.05) is 0 Å². The van der Waals surface area contributed by atoms with Crippen molar-refractivity contribution in [3.63, 3.8) is 0 Å². The van der Waals surface area contributed by atoms with Gasteiger partial charge in [0.2, 0.25) is 0 Å². The lowest BCUT2D eigenvalue weighted by Crippen LogP contribution is -2.42. The maximum absolute atomic E-state index is 10.7. The van der Waals surface area contributed by atoms with Crippen LogP contribution in [0.4, 0.5) is 0 Å². The molecule has 0 amide bonds. The first kappa shape index (κ1) is 9.95. The van der Waals surface area contributed by atoms with Crippen LogP contribution in [0.5, 0.6) is 0 Å². The molecule has 13 heavy (non-hydrogen) atoms. The van der Waals surface area contributed by atoms with Gasteiger partial charge in [-0.3, -0.25) is 0 Å². The van der Waals surface area contributed by atoms with Crippen molar-refractivity contribution in [3.05, 3.63) is 29.0 Å². The fourth-order valence-corrected chi connectivity index (χ4v) is 0.971. The number of carbonyl (C=O) groups is 1. The molecule has 0 unspecified atom stereocenters. The molecule has 1 atom stereocenters. The Bertz CT molecular complexity index is 339. The van der Waals surface area contributed by atoms with Crippen molar-refractivity contribution in [3.8, 4) is 0 Å². The van der Waals surface area contributed by atoms with Crippen LogP contribution in [-0.2, 0) is 10.3 Å². The standard InChI is InChI=1S/C8H9ClN2O2/c1-8(10,7(12)13)5-3-2-4-6(9)11-5/h2-4H,10H2,1H3,(H,12,13)/t8-/m0/s1. The molecule has 0 aliphatic carbocycles. The summed E-state index contributed by atoms with van der Waals surface area (Å²) >= 11 is 5.60. The summed E-state index contributed by atoms with van der Waals surface area (Å²) in [6, 6.07) is 4.70. The largest absolute Gasteiger partial charge is 0.480 e. The van der Waals surface area contributed by atoms with Crippen molar-refractivity contribution in [2.45, 2.75) is 12.5 Å². The van der Waals surface area contributed by atoms with Gasteiger partial charge in [0.15, 0.2) is 5.54 Å². The summed E-state index contributed by atoms with van der Waals surface area (Å²) in [5.74, 6) is -1.14. The van der Waals surface area contributed by atoms with Gasteiger partial charge in [-0.15, -0.1) is 0 Å². The van der Waals surface area contributed by atoms with Crippen molar-refractivity contribution >= 4 is 17.6 Å². The van der Waals surface area contributed by atoms with Gasteiger partial charge in [-0.25, -0.2) is 9.78 Å². The topological polar surface area (TPSA) is 76.2 Å². The zero-order valence-corrected chi connectivity index (χ0v) is 7.75. The third kappa shape index (κ3) is 1.96. The highest BCUT2D eigenvalue weighted by molar-refractivity contribution is 6.29. The number of pyridine rings is 1. The number of carboxylic acids is 1. The minimum Gasteiger partial charge on any atom is -0.480 e. The Kier molecular flexibility index (Phi) is 2.54. The van der Waals surface area contributed by atoms with E-state index in [1.165, 1.54) is 13.0 Å². The summed E-state index contributed by atoms with van der Waals surface area (Å²) in [4.78, 5) is 14.6. The number of hydrogen-bond acceptors (Lipinski definition) is 3. The highest BCUT2D eigenvalue weighted by Gasteiger charge is 2.31. The third-order valence-electron chi connectivity index (χ3n) is 1.69. The van der Waals surface area contributed by atoms with E-state index in [9.17, 15) is 4.79 Å². The fourth-order valence-electron chi connectivity index (χ4n) is 0.807. The van der Waals surface area contributed by atoms with E-state index < -0.39 is 11.5 Å². The molecule has 1 aromatic heterocycles. The number of carboxylic acid groups (broad SMARTS) is 1. The average Bonchev–Trinajstić information content (AvgIpc) is 2.04. The summed E-state index contributed by atoms with van der Waals surface area (Å²) in [5.41, 5.74) is 4.28. The molecule has 3 N–H and O–H groups in total. The first-order chi connectivity index (χ1) is 5.94. The molecule has 0 saturated carbocycles. The minimum atomic E-state index is -1.50. The molecule has 0 spiro atoms. The summed E-state index contributed by atoms with van der Waals surface area (Å²) in [5, 5.41) is 9.01. The van der Waals surface area contributed by atoms with Gasteiger partial charge in [-0.1, -0.05) is 17.7 Å². The highest BCUT2D eigenvalue weighted by atomic mass is 35.5. The van der Waals surface area contributed by atoms with Crippen molar-refractivity contribution < 1.29 is 9.90 Å². The maximum atomic E-state index is 10.7. The van der Waals surface area contributed by atoms with Crippen LogP contribution in [0.15, 0.2) is 18.2 Å². The first-order valence-electron chi connectivity index (χ1n) is 3.60. The van der Waals surface area contributed by atoms with Crippen LogP contribution in [0, 0.1) is 0 Å². The van der Waals surface area contributed by atoms with Crippen LogP contribution in [0.2, 0.25) is 5.15 Å². The van der Waals surface area contributed by atoms with Gasteiger partial charge in [0.05, 0.1) is 5.69 Å². The molecular weight excluding hydrogens is 192 g/mol. The van der Waals surface area contributed by atoms with Gasteiger partial charge < -0.3 is 10.8 Å². The van der Waals surface area contributed by atoms with Gasteiger partial charge in [-0.2, -0.15) is 0 Å². The molecule has 0 aliphatic heterocycles. The van der Waals surface area contributed by atoms with Gasteiger partial charge in [-0.05, 0) is 19.1 Å². The summed E-state index contributed by atoms with van der Waals surface area (Å²) in [6.45, 7) is 1.37. The number of rotatable bonds is 2. The normalized spacial score (nSPS) is 15.0. The van der Waals surface area contributed by atoms with Crippen molar-refractivity contribution in [1.82, 2.24) is 4.98 Å². The number of nitrogens with two attached hydrogens (primary N) is 1. The maximum Gasteiger partial charge on any atom is 0.329 e. The second kappa shape index (κ2) is 3.32. The van der Waals surface area contributed by atoms with E-state index in [0.29, 0.717) is 0 Å². The van der Waals surface area contributed by atoms with E-state index in [-0.39, 0.29) is 10.8 Å². The molecule has 5 heteroatoms. The number of nitrogens with zero attached hydrogens (tertiary/aromatic N) is 1. The van der Waals surface area contributed by atoms with E-state index in [1.54, 1.807) is 12.1 Å². The summed E-state index contributed by atoms with van der Waals surface area (Å²) in [6.07, 6.45) is 0. The van der Waals surface area contributed by atoms with Crippen LogP contribution in [0.1, 0.15) is 12.6 Å². The average molecular weight is 201 g/mol. The molecule has 0 aromatic carbocycles. The lowest BCUT2D eigenvalue weighted by Gasteiger charge is -2.18. The van der Waals surface area contributed by atoms with E-state index >= 15 is 0 Å². The predicted octanol–water partition coefficient (Wildman–Crippen LogP) is 0.994. The Labute approximate surface area is 80.3 Å². The second-order valence-electron chi connectivity index (χ2n) is 2.85.